The van der Waals surface area contributed by atoms with Gasteiger partial charge >= 0.3 is 0 Å². The Morgan fingerprint density at radius 2 is 1.73 bits per heavy atom. The molecule has 0 N–H and O–H groups in total. The van der Waals surface area contributed by atoms with Crippen LogP contribution in [-0.2, 0) is 16.6 Å². The molecule has 1 aliphatic rings. The number of halogens is 1. The summed E-state index contributed by atoms with van der Waals surface area (Å²) in [6.45, 7) is 3.84. The zero-order valence-electron chi connectivity index (χ0n) is 16.6. The van der Waals surface area contributed by atoms with Gasteiger partial charge in [-0.1, -0.05) is 24.3 Å². The first kappa shape index (κ1) is 20.5. The maximum Gasteiger partial charge on any atom is 0.246 e. The Balaban J connectivity index is 1.46. The summed E-state index contributed by atoms with van der Waals surface area (Å²) >= 11 is 0. The lowest BCUT2D eigenvalue weighted by Crippen LogP contribution is -2.48. The molecule has 3 heterocycles. The molecular formula is C21H22FN5O2S. The lowest BCUT2D eigenvalue weighted by molar-refractivity contribution is 0.180. The van der Waals surface area contributed by atoms with Crippen LogP contribution in [0.2, 0.25) is 0 Å². The number of nitrogens with zero attached hydrogens (tertiary/aromatic N) is 5. The molecule has 7 nitrogen and oxygen atoms in total. The highest BCUT2D eigenvalue weighted by Crippen LogP contribution is 2.22. The van der Waals surface area contributed by atoms with Crippen molar-refractivity contribution in [3.8, 4) is 11.5 Å². The van der Waals surface area contributed by atoms with Crippen LogP contribution in [-0.4, -0.2) is 58.8 Å². The molecule has 4 rings (SSSR count). The number of hydrogen-bond acceptors (Lipinski definition) is 6. The van der Waals surface area contributed by atoms with Crippen molar-refractivity contribution in [2.45, 2.75) is 18.4 Å². The van der Waals surface area contributed by atoms with E-state index in [1.165, 1.54) is 16.6 Å². The van der Waals surface area contributed by atoms with Gasteiger partial charge in [-0.3, -0.25) is 9.88 Å². The second-order valence-electron chi connectivity index (χ2n) is 7.13. The predicted molar refractivity (Wildman–Crippen MR) is 110 cm³/mol. The maximum absolute atomic E-state index is 13.9. The Labute approximate surface area is 175 Å². The topological polar surface area (TPSA) is 79.3 Å². The average molecular weight is 428 g/mol. The normalized spacial score (nSPS) is 15.9. The third-order valence-corrected chi connectivity index (χ3v) is 7.13. The van der Waals surface area contributed by atoms with Crippen LogP contribution in [0, 0.1) is 12.7 Å². The number of benzene rings is 1. The molecule has 1 saturated heterocycles. The first-order valence-corrected chi connectivity index (χ1v) is 11.1. The molecule has 0 atom stereocenters. The SMILES string of the molecule is Cc1nc(-c2ccccn2)ncc1S(=O)(=O)N1CCN(Cc2ccccc2F)CC1. The van der Waals surface area contributed by atoms with Crippen LogP contribution in [0.25, 0.3) is 11.5 Å². The van der Waals surface area contributed by atoms with Gasteiger partial charge < -0.3 is 0 Å². The van der Waals surface area contributed by atoms with Gasteiger partial charge in [-0.15, -0.1) is 0 Å². The number of piperazine rings is 1. The Morgan fingerprint density at radius 3 is 2.40 bits per heavy atom. The highest BCUT2D eigenvalue weighted by atomic mass is 32.2. The Kier molecular flexibility index (Phi) is 5.85. The molecule has 1 aromatic carbocycles. The van der Waals surface area contributed by atoms with Crippen LogP contribution in [0.1, 0.15) is 11.3 Å². The minimum Gasteiger partial charge on any atom is -0.296 e. The molecule has 3 aromatic rings. The van der Waals surface area contributed by atoms with E-state index < -0.39 is 10.0 Å². The average Bonchev–Trinajstić information content (AvgIpc) is 2.76. The van der Waals surface area contributed by atoms with Crippen molar-refractivity contribution in [1.29, 1.82) is 0 Å². The first-order valence-electron chi connectivity index (χ1n) is 9.66. The Morgan fingerprint density at radius 1 is 1.00 bits per heavy atom. The highest BCUT2D eigenvalue weighted by Gasteiger charge is 2.30. The molecule has 0 spiro atoms. The summed E-state index contributed by atoms with van der Waals surface area (Å²) < 4.78 is 41.6. The molecule has 30 heavy (non-hydrogen) atoms. The number of aryl methyl sites for hydroxylation is 1. The summed E-state index contributed by atoms with van der Waals surface area (Å²) in [7, 11) is -3.71. The molecule has 0 saturated carbocycles. The molecule has 0 bridgehead atoms. The second-order valence-corrected chi connectivity index (χ2v) is 9.04. The van der Waals surface area contributed by atoms with E-state index >= 15 is 0 Å². The van der Waals surface area contributed by atoms with E-state index in [1.807, 2.05) is 6.07 Å². The third-order valence-electron chi connectivity index (χ3n) is 5.13. The molecule has 0 amide bonds. The number of pyridine rings is 1. The number of rotatable bonds is 5. The van der Waals surface area contributed by atoms with Gasteiger partial charge in [0.25, 0.3) is 0 Å². The molecule has 1 aliphatic heterocycles. The summed E-state index contributed by atoms with van der Waals surface area (Å²) in [5.74, 6) is 0.148. The minimum absolute atomic E-state index is 0.102. The van der Waals surface area contributed by atoms with Gasteiger partial charge in [0.2, 0.25) is 10.0 Å². The van der Waals surface area contributed by atoms with E-state index in [2.05, 4.69) is 19.9 Å². The van der Waals surface area contributed by atoms with Crippen molar-refractivity contribution in [3.63, 3.8) is 0 Å². The fourth-order valence-corrected chi connectivity index (χ4v) is 4.99. The number of sulfonamides is 1. The van der Waals surface area contributed by atoms with E-state index in [9.17, 15) is 12.8 Å². The monoisotopic (exact) mass is 427 g/mol. The molecule has 9 heteroatoms. The van der Waals surface area contributed by atoms with Gasteiger partial charge in [0.05, 0.1) is 11.9 Å². The second kappa shape index (κ2) is 8.55. The minimum atomic E-state index is -3.71. The fraction of sp³-hybridized carbons (Fsp3) is 0.286. The first-order chi connectivity index (χ1) is 14.4. The number of aromatic nitrogens is 3. The van der Waals surface area contributed by atoms with Crippen molar-refractivity contribution in [3.05, 3.63) is 71.9 Å². The van der Waals surface area contributed by atoms with Crippen molar-refractivity contribution in [2.24, 2.45) is 0 Å². The molecule has 0 aliphatic carbocycles. The van der Waals surface area contributed by atoms with Gasteiger partial charge in [-0.2, -0.15) is 4.31 Å². The van der Waals surface area contributed by atoms with Gasteiger partial charge in [-0.05, 0) is 25.1 Å². The molecule has 1 fully saturated rings. The summed E-state index contributed by atoms with van der Waals surface area (Å²) in [5.41, 5.74) is 1.59. The van der Waals surface area contributed by atoms with Crippen LogP contribution in [0.4, 0.5) is 4.39 Å². The van der Waals surface area contributed by atoms with E-state index in [0.29, 0.717) is 55.5 Å². The summed E-state index contributed by atoms with van der Waals surface area (Å²) in [4.78, 5) is 14.9. The van der Waals surface area contributed by atoms with Crippen LogP contribution < -0.4 is 0 Å². The Bertz CT molecular complexity index is 1130. The molecular weight excluding hydrogens is 405 g/mol. The van der Waals surface area contributed by atoms with E-state index in [0.717, 1.165) is 0 Å². The van der Waals surface area contributed by atoms with Crippen LogP contribution in [0.15, 0.2) is 59.8 Å². The van der Waals surface area contributed by atoms with Gasteiger partial charge in [0, 0.05) is 44.5 Å². The largest absolute Gasteiger partial charge is 0.296 e. The number of hydrogen-bond donors (Lipinski definition) is 0. The summed E-state index contributed by atoms with van der Waals surface area (Å²) in [5, 5.41) is 0. The van der Waals surface area contributed by atoms with Gasteiger partial charge in [0.15, 0.2) is 5.82 Å². The van der Waals surface area contributed by atoms with E-state index in [1.54, 1.807) is 43.5 Å². The maximum atomic E-state index is 13.9. The summed E-state index contributed by atoms with van der Waals surface area (Å²) in [6, 6.07) is 12.0. The molecule has 2 aromatic heterocycles. The fourth-order valence-electron chi connectivity index (χ4n) is 3.46. The van der Waals surface area contributed by atoms with Crippen molar-refractivity contribution < 1.29 is 12.8 Å². The van der Waals surface area contributed by atoms with E-state index in [-0.39, 0.29) is 10.7 Å². The zero-order valence-corrected chi connectivity index (χ0v) is 17.4. The quantitative estimate of drug-likeness (QED) is 0.623. The predicted octanol–water partition coefficient (Wildman–Crippen LogP) is 2.49. The molecule has 0 radical (unpaired) electrons. The van der Waals surface area contributed by atoms with Crippen LogP contribution >= 0.6 is 0 Å². The lowest BCUT2D eigenvalue weighted by Gasteiger charge is -2.34. The summed E-state index contributed by atoms with van der Waals surface area (Å²) in [6.07, 6.45) is 2.99. The Hall–Kier alpha value is -2.75. The molecule has 0 unspecified atom stereocenters. The van der Waals surface area contributed by atoms with Crippen molar-refractivity contribution in [1.82, 2.24) is 24.2 Å². The van der Waals surface area contributed by atoms with Crippen molar-refractivity contribution in [2.75, 3.05) is 26.2 Å². The van der Waals surface area contributed by atoms with Gasteiger partial charge in [0.1, 0.15) is 16.4 Å². The highest BCUT2D eigenvalue weighted by molar-refractivity contribution is 7.89. The van der Waals surface area contributed by atoms with Crippen LogP contribution in [0.3, 0.4) is 0 Å². The zero-order chi connectivity index (χ0) is 21.1. The standard InChI is InChI=1S/C21H22FN5O2S/c1-16-20(14-24-21(25-16)19-8-4-5-9-23-19)30(28,29)27-12-10-26(11-13-27)15-17-6-2-3-7-18(17)22/h2-9,14H,10-13,15H2,1H3. The van der Waals surface area contributed by atoms with Crippen LogP contribution in [0.5, 0.6) is 0 Å². The lowest BCUT2D eigenvalue weighted by atomic mass is 10.2. The van der Waals surface area contributed by atoms with Gasteiger partial charge in [-0.25, -0.2) is 22.8 Å². The van der Waals surface area contributed by atoms with E-state index in [4.69, 9.17) is 0 Å². The molecule has 156 valence electrons. The van der Waals surface area contributed by atoms with Crippen molar-refractivity contribution >= 4 is 10.0 Å². The third kappa shape index (κ3) is 4.23. The smallest absolute Gasteiger partial charge is 0.246 e.